The molecule has 0 fully saturated rings. The van der Waals surface area contributed by atoms with Crippen LogP contribution in [0.5, 0.6) is 0 Å². The van der Waals surface area contributed by atoms with Crippen LogP contribution < -0.4 is 5.32 Å². The van der Waals surface area contributed by atoms with Crippen LogP contribution in [0.15, 0.2) is 65.3 Å². The number of nitrogens with zero attached hydrogens (tertiary/aromatic N) is 1. The highest BCUT2D eigenvalue weighted by Gasteiger charge is 2.21. The molecule has 0 bridgehead atoms. The molecule has 0 saturated heterocycles. The molecular formula is C21H20N2O4. The van der Waals surface area contributed by atoms with E-state index in [1.807, 2.05) is 30.3 Å². The molecule has 0 aliphatic heterocycles. The topological polar surface area (TPSA) is 81.4 Å². The van der Waals surface area contributed by atoms with Gasteiger partial charge in [-0.05, 0) is 43.7 Å². The third-order valence-corrected chi connectivity index (χ3v) is 4.05. The number of furan rings is 1. The van der Waals surface area contributed by atoms with Crippen LogP contribution in [0.4, 0.5) is 0 Å². The first-order valence-electron chi connectivity index (χ1n) is 8.64. The Hall–Kier alpha value is -3.41. The Morgan fingerprint density at radius 3 is 2.52 bits per heavy atom. The summed E-state index contributed by atoms with van der Waals surface area (Å²) in [7, 11) is 0. The van der Waals surface area contributed by atoms with Crippen molar-refractivity contribution in [3.8, 4) is 0 Å². The Morgan fingerprint density at radius 2 is 1.89 bits per heavy atom. The molecule has 138 valence electrons. The standard InChI is InChI=1S/C21H20N2O4/c1-3-26-21(25)16-11-12-17(22-14(16)2)20(24)23-19(18-10-7-13-27-18)15-8-5-4-6-9-15/h4-13,19H,3H2,1-2H3,(H,23,24). The second-order valence-electron chi connectivity index (χ2n) is 5.88. The number of aromatic nitrogens is 1. The smallest absolute Gasteiger partial charge is 0.339 e. The van der Waals surface area contributed by atoms with Crippen molar-refractivity contribution in [1.29, 1.82) is 0 Å². The summed E-state index contributed by atoms with van der Waals surface area (Å²) >= 11 is 0. The molecule has 2 heterocycles. The zero-order chi connectivity index (χ0) is 19.2. The highest BCUT2D eigenvalue weighted by Crippen LogP contribution is 2.23. The van der Waals surface area contributed by atoms with E-state index in [0.717, 1.165) is 5.56 Å². The van der Waals surface area contributed by atoms with Crippen LogP contribution >= 0.6 is 0 Å². The van der Waals surface area contributed by atoms with Crippen molar-refractivity contribution in [3.05, 3.63) is 89.1 Å². The molecule has 2 aromatic heterocycles. The molecule has 1 aromatic carbocycles. The van der Waals surface area contributed by atoms with Gasteiger partial charge in [0, 0.05) is 0 Å². The Balaban J connectivity index is 1.84. The second kappa shape index (κ2) is 8.31. The molecule has 6 nitrogen and oxygen atoms in total. The van der Waals surface area contributed by atoms with Crippen molar-refractivity contribution in [3.63, 3.8) is 0 Å². The van der Waals surface area contributed by atoms with Crippen LogP contribution in [0, 0.1) is 6.92 Å². The Bertz CT molecular complexity index is 921. The molecular weight excluding hydrogens is 344 g/mol. The van der Waals surface area contributed by atoms with Gasteiger partial charge in [-0.3, -0.25) is 4.79 Å². The molecule has 1 N–H and O–H groups in total. The highest BCUT2D eigenvalue weighted by atomic mass is 16.5. The fourth-order valence-electron chi connectivity index (χ4n) is 2.74. The zero-order valence-electron chi connectivity index (χ0n) is 15.1. The number of aryl methyl sites for hydroxylation is 1. The number of pyridine rings is 1. The lowest BCUT2D eigenvalue weighted by atomic mass is 10.0. The molecule has 3 rings (SSSR count). The number of rotatable bonds is 6. The molecule has 1 amide bonds. The van der Waals surface area contributed by atoms with E-state index < -0.39 is 12.0 Å². The summed E-state index contributed by atoms with van der Waals surface area (Å²) in [6, 6.07) is 15.7. The number of carbonyl (C=O) groups excluding carboxylic acids is 2. The molecule has 0 radical (unpaired) electrons. The fraction of sp³-hybridized carbons (Fsp3) is 0.190. The average Bonchev–Trinajstić information content (AvgIpc) is 3.21. The zero-order valence-corrected chi connectivity index (χ0v) is 15.1. The minimum absolute atomic E-state index is 0.216. The second-order valence-corrected chi connectivity index (χ2v) is 5.88. The minimum Gasteiger partial charge on any atom is -0.467 e. The maximum absolute atomic E-state index is 12.8. The largest absolute Gasteiger partial charge is 0.467 e. The monoisotopic (exact) mass is 364 g/mol. The maximum Gasteiger partial charge on any atom is 0.339 e. The molecule has 0 aliphatic rings. The Morgan fingerprint density at radius 1 is 1.11 bits per heavy atom. The van der Waals surface area contributed by atoms with Crippen molar-refractivity contribution in [2.75, 3.05) is 6.61 Å². The van der Waals surface area contributed by atoms with E-state index in [4.69, 9.17) is 9.15 Å². The molecule has 0 spiro atoms. The Kier molecular flexibility index (Phi) is 5.66. The van der Waals surface area contributed by atoms with Gasteiger partial charge >= 0.3 is 5.97 Å². The summed E-state index contributed by atoms with van der Waals surface area (Å²) in [6.45, 7) is 3.69. The maximum atomic E-state index is 12.8. The summed E-state index contributed by atoms with van der Waals surface area (Å²) in [5.41, 5.74) is 1.89. The van der Waals surface area contributed by atoms with Crippen LogP contribution in [0.3, 0.4) is 0 Å². The van der Waals surface area contributed by atoms with E-state index in [9.17, 15) is 9.59 Å². The number of hydrogen-bond donors (Lipinski definition) is 1. The third kappa shape index (κ3) is 4.23. The molecule has 0 aliphatic carbocycles. The molecule has 0 saturated carbocycles. The summed E-state index contributed by atoms with van der Waals surface area (Å²) in [4.78, 5) is 28.9. The lowest BCUT2D eigenvalue weighted by Crippen LogP contribution is -2.30. The van der Waals surface area contributed by atoms with Crippen molar-refractivity contribution in [1.82, 2.24) is 10.3 Å². The van der Waals surface area contributed by atoms with Gasteiger partial charge in [-0.15, -0.1) is 0 Å². The average molecular weight is 364 g/mol. The first-order chi connectivity index (χ1) is 13.1. The van der Waals surface area contributed by atoms with Crippen LogP contribution in [-0.4, -0.2) is 23.5 Å². The Labute approximate surface area is 157 Å². The van der Waals surface area contributed by atoms with Gasteiger partial charge in [0.1, 0.15) is 17.5 Å². The lowest BCUT2D eigenvalue weighted by Gasteiger charge is -2.17. The van der Waals surface area contributed by atoms with E-state index in [2.05, 4.69) is 10.3 Å². The number of amides is 1. The lowest BCUT2D eigenvalue weighted by molar-refractivity contribution is 0.0524. The van der Waals surface area contributed by atoms with Gasteiger partial charge in [0.05, 0.1) is 24.1 Å². The van der Waals surface area contributed by atoms with Gasteiger partial charge in [-0.1, -0.05) is 30.3 Å². The molecule has 1 atom stereocenters. The number of esters is 1. The van der Waals surface area contributed by atoms with Crippen molar-refractivity contribution >= 4 is 11.9 Å². The van der Waals surface area contributed by atoms with Gasteiger partial charge in [0.15, 0.2) is 0 Å². The first-order valence-corrected chi connectivity index (χ1v) is 8.64. The van der Waals surface area contributed by atoms with E-state index in [0.29, 0.717) is 17.0 Å². The van der Waals surface area contributed by atoms with Gasteiger partial charge < -0.3 is 14.5 Å². The minimum atomic E-state index is -0.452. The predicted molar refractivity (Wildman–Crippen MR) is 99.4 cm³/mol. The third-order valence-electron chi connectivity index (χ3n) is 4.05. The molecule has 1 unspecified atom stereocenters. The van der Waals surface area contributed by atoms with Gasteiger partial charge in [-0.2, -0.15) is 0 Å². The van der Waals surface area contributed by atoms with Crippen LogP contribution in [-0.2, 0) is 4.74 Å². The van der Waals surface area contributed by atoms with E-state index in [1.165, 1.54) is 6.07 Å². The van der Waals surface area contributed by atoms with E-state index in [-0.39, 0.29) is 18.2 Å². The number of ether oxygens (including phenoxy) is 1. The fourth-order valence-corrected chi connectivity index (χ4v) is 2.74. The van der Waals surface area contributed by atoms with Crippen molar-refractivity contribution in [2.24, 2.45) is 0 Å². The normalized spacial score (nSPS) is 11.6. The van der Waals surface area contributed by atoms with Crippen LogP contribution in [0.1, 0.15) is 50.8 Å². The SMILES string of the molecule is CCOC(=O)c1ccc(C(=O)NC(c2ccccc2)c2ccco2)nc1C. The van der Waals surface area contributed by atoms with Gasteiger partial charge in [-0.25, -0.2) is 9.78 Å². The first kappa shape index (κ1) is 18.4. The molecule has 3 aromatic rings. The quantitative estimate of drug-likeness (QED) is 0.675. The van der Waals surface area contributed by atoms with Gasteiger partial charge in [0.25, 0.3) is 5.91 Å². The molecule has 27 heavy (non-hydrogen) atoms. The van der Waals surface area contributed by atoms with Crippen molar-refractivity contribution in [2.45, 2.75) is 19.9 Å². The number of benzene rings is 1. The van der Waals surface area contributed by atoms with Gasteiger partial charge in [0.2, 0.25) is 0 Å². The van der Waals surface area contributed by atoms with Crippen LogP contribution in [0.25, 0.3) is 0 Å². The number of carbonyl (C=O) groups is 2. The van der Waals surface area contributed by atoms with Crippen molar-refractivity contribution < 1.29 is 18.7 Å². The van der Waals surface area contributed by atoms with E-state index >= 15 is 0 Å². The number of nitrogens with one attached hydrogen (secondary N) is 1. The van der Waals surface area contributed by atoms with Crippen LogP contribution in [0.2, 0.25) is 0 Å². The summed E-state index contributed by atoms with van der Waals surface area (Å²) in [5.74, 6) is -0.194. The summed E-state index contributed by atoms with van der Waals surface area (Å²) in [6.07, 6.45) is 1.56. The number of hydrogen-bond acceptors (Lipinski definition) is 5. The molecule has 6 heteroatoms. The summed E-state index contributed by atoms with van der Waals surface area (Å²) < 4.78 is 10.5. The summed E-state index contributed by atoms with van der Waals surface area (Å²) in [5, 5.41) is 2.94. The predicted octanol–water partition coefficient (Wildman–Crippen LogP) is 3.68. The van der Waals surface area contributed by atoms with E-state index in [1.54, 1.807) is 38.3 Å². The highest BCUT2D eigenvalue weighted by molar-refractivity contribution is 5.95.